The van der Waals surface area contributed by atoms with Crippen molar-refractivity contribution in [1.29, 1.82) is 0 Å². The van der Waals surface area contributed by atoms with Gasteiger partial charge in [-0.25, -0.2) is 0 Å². The number of aliphatic hydroxyl groups excluding tert-OH is 1. The maximum atomic E-state index is 8.91. The second kappa shape index (κ2) is 7.11. The van der Waals surface area contributed by atoms with Gasteiger partial charge in [-0.2, -0.15) is 0 Å². The van der Waals surface area contributed by atoms with Crippen molar-refractivity contribution in [1.82, 2.24) is 0 Å². The first kappa shape index (κ1) is 10.0. The van der Waals surface area contributed by atoms with Gasteiger partial charge in [-0.1, -0.05) is 28.3 Å². The van der Waals surface area contributed by atoms with E-state index in [9.17, 15) is 0 Å². The van der Waals surface area contributed by atoms with Crippen LogP contribution in [-0.4, -0.2) is 16.5 Å². The van der Waals surface area contributed by atoms with Gasteiger partial charge in [0.2, 0.25) is 0 Å². The van der Waals surface area contributed by atoms with Crippen molar-refractivity contribution < 1.29 is 5.11 Å². The summed E-state index contributed by atoms with van der Waals surface area (Å²) in [6.07, 6.45) is 8.52. The summed E-state index contributed by atoms with van der Waals surface area (Å²) in [7, 11) is 0. The summed E-state index contributed by atoms with van der Waals surface area (Å²) < 4.78 is 0. The molecule has 10 heavy (non-hydrogen) atoms. The SMILES string of the molecule is C#C[C@@H](O)CCCCCBr. The molecule has 0 aliphatic rings. The molecule has 2 heteroatoms. The fraction of sp³-hybridized carbons (Fsp3) is 0.750. The van der Waals surface area contributed by atoms with E-state index in [-0.39, 0.29) is 0 Å². The first-order valence-electron chi connectivity index (χ1n) is 3.51. The lowest BCUT2D eigenvalue weighted by atomic mass is 10.1. The van der Waals surface area contributed by atoms with E-state index in [1.807, 2.05) is 0 Å². The summed E-state index contributed by atoms with van der Waals surface area (Å²) in [5, 5.41) is 9.95. The van der Waals surface area contributed by atoms with Gasteiger partial charge in [0.05, 0.1) is 0 Å². The molecule has 0 aromatic carbocycles. The standard InChI is InChI=1S/C8H13BrO/c1-2-8(10)6-4-3-5-7-9/h1,8,10H,3-7H2/t8-/m1/s1. The van der Waals surface area contributed by atoms with Gasteiger partial charge in [0.15, 0.2) is 0 Å². The lowest BCUT2D eigenvalue weighted by Gasteiger charge is -2.00. The minimum atomic E-state index is -0.532. The van der Waals surface area contributed by atoms with Crippen LogP contribution >= 0.6 is 15.9 Å². The van der Waals surface area contributed by atoms with E-state index in [1.54, 1.807) is 0 Å². The first-order chi connectivity index (χ1) is 4.81. The van der Waals surface area contributed by atoms with E-state index < -0.39 is 6.10 Å². The number of rotatable bonds is 5. The molecule has 0 unspecified atom stereocenters. The van der Waals surface area contributed by atoms with Gasteiger partial charge in [0, 0.05) is 5.33 Å². The van der Waals surface area contributed by atoms with E-state index in [2.05, 4.69) is 21.9 Å². The van der Waals surface area contributed by atoms with Crippen molar-refractivity contribution in [3.63, 3.8) is 0 Å². The molecular weight excluding hydrogens is 192 g/mol. The van der Waals surface area contributed by atoms with Gasteiger partial charge < -0.3 is 5.11 Å². The number of hydrogen-bond acceptors (Lipinski definition) is 1. The molecule has 1 N–H and O–H groups in total. The number of unbranched alkanes of at least 4 members (excludes halogenated alkanes) is 2. The highest BCUT2D eigenvalue weighted by molar-refractivity contribution is 9.09. The molecule has 58 valence electrons. The Morgan fingerprint density at radius 2 is 2.10 bits per heavy atom. The highest BCUT2D eigenvalue weighted by atomic mass is 79.9. The van der Waals surface area contributed by atoms with E-state index in [4.69, 9.17) is 11.5 Å². The van der Waals surface area contributed by atoms with Crippen molar-refractivity contribution in [2.75, 3.05) is 5.33 Å². The Hall–Kier alpha value is 0. The average molecular weight is 205 g/mol. The smallest absolute Gasteiger partial charge is 0.114 e. The molecular formula is C8H13BrO. The molecule has 0 rings (SSSR count). The molecule has 0 fully saturated rings. The molecule has 0 bridgehead atoms. The predicted molar refractivity (Wildman–Crippen MR) is 47.1 cm³/mol. The maximum Gasteiger partial charge on any atom is 0.114 e. The van der Waals surface area contributed by atoms with Crippen LogP contribution in [0.25, 0.3) is 0 Å². The van der Waals surface area contributed by atoms with Crippen LogP contribution in [0.4, 0.5) is 0 Å². The predicted octanol–water partition coefficient (Wildman–Crippen LogP) is 1.94. The highest BCUT2D eigenvalue weighted by Crippen LogP contribution is 2.04. The van der Waals surface area contributed by atoms with E-state index >= 15 is 0 Å². The summed E-state index contributed by atoms with van der Waals surface area (Å²) in [6, 6.07) is 0. The lowest BCUT2D eigenvalue weighted by Crippen LogP contribution is -2.01. The van der Waals surface area contributed by atoms with Gasteiger partial charge in [0.25, 0.3) is 0 Å². The largest absolute Gasteiger partial charge is 0.380 e. The summed E-state index contributed by atoms with van der Waals surface area (Å²) >= 11 is 3.33. The number of aliphatic hydroxyl groups is 1. The van der Waals surface area contributed by atoms with Crippen molar-refractivity contribution in [2.24, 2.45) is 0 Å². The van der Waals surface area contributed by atoms with Gasteiger partial charge >= 0.3 is 0 Å². The zero-order chi connectivity index (χ0) is 7.82. The zero-order valence-electron chi connectivity index (χ0n) is 6.02. The Bertz CT molecular complexity index is 106. The average Bonchev–Trinajstić information content (AvgIpc) is 1.98. The Morgan fingerprint density at radius 3 is 2.60 bits per heavy atom. The van der Waals surface area contributed by atoms with Gasteiger partial charge in [-0.3, -0.25) is 0 Å². The molecule has 0 saturated carbocycles. The van der Waals surface area contributed by atoms with Crippen molar-refractivity contribution >= 4 is 15.9 Å². The number of terminal acetylenes is 1. The molecule has 0 aliphatic carbocycles. The molecule has 0 heterocycles. The van der Waals surface area contributed by atoms with Gasteiger partial charge in [-0.15, -0.1) is 6.42 Å². The summed E-state index contributed by atoms with van der Waals surface area (Å²) in [4.78, 5) is 0. The third kappa shape index (κ3) is 6.12. The molecule has 0 aromatic rings. The minimum absolute atomic E-state index is 0.532. The van der Waals surface area contributed by atoms with Crippen LogP contribution in [0.2, 0.25) is 0 Å². The second-order valence-corrected chi connectivity index (χ2v) is 3.01. The molecule has 0 aromatic heterocycles. The van der Waals surface area contributed by atoms with Crippen molar-refractivity contribution in [3.05, 3.63) is 0 Å². The number of alkyl halides is 1. The molecule has 0 saturated heterocycles. The Morgan fingerprint density at radius 1 is 1.40 bits per heavy atom. The zero-order valence-corrected chi connectivity index (χ0v) is 7.60. The third-order valence-electron chi connectivity index (χ3n) is 1.30. The maximum absolute atomic E-state index is 8.91. The summed E-state index contributed by atoms with van der Waals surface area (Å²) in [5.74, 6) is 2.29. The Labute approximate surface area is 71.0 Å². The van der Waals surface area contributed by atoms with E-state index in [1.165, 1.54) is 0 Å². The van der Waals surface area contributed by atoms with Crippen LogP contribution in [0.5, 0.6) is 0 Å². The van der Waals surface area contributed by atoms with Crippen LogP contribution in [-0.2, 0) is 0 Å². The fourth-order valence-corrected chi connectivity index (χ4v) is 1.09. The van der Waals surface area contributed by atoms with Crippen molar-refractivity contribution in [2.45, 2.75) is 31.8 Å². The minimum Gasteiger partial charge on any atom is -0.380 e. The molecule has 0 aliphatic heterocycles. The fourth-order valence-electron chi connectivity index (χ4n) is 0.692. The van der Waals surface area contributed by atoms with E-state index in [0.29, 0.717) is 0 Å². The van der Waals surface area contributed by atoms with Crippen LogP contribution < -0.4 is 0 Å². The van der Waals surface area contributed by atoms with Crippen LogP contribution in [0.3, 0.4) is 0 Å². The molecule has 0 spiro atoms. The molecule has 0 radical (unpaired) electrons. The van der Waals surface area contributed by atoms with E-state index in [0.717, 1.165) is 31.0 Å². The Kier molecular flexibility index (Phi) is 7.11. The summed E-state index contributed by atoms with van der Waals surface area (Å²) in [5.41, 5.74) is 0. The number of halogens is 1. The number of hydrogen-bond donors (Lipinski definition) is 1. The molecule has 1 nitrogen and oxygen atoms in total. The van der Waals surface area contributed by atoms with Crippen LogP contribution in [0, 0.1) is 12.3 Å². The lowest BCUT2D eigenvalue weighted by molar-refractivity contribution is 0.218. The van der Waals surface area contributed by atoms with Gasteiger partial charge in [-0.05, 0) is 19.3 Å². The quantitative estimate of drug-likeness (QED) is 0.413. The second-order valence-electron chi connectivity index (χ2n) is 2.22. The Balaban J connectivity index is 2.98. The van der Waals surface area contributed by atoms with Crippen molar-refractivity contribution in [3.8, 4) is 12.3 Å². The summed E-state index contributed by atoms with van der Waals surface area (Å²) in [6.45, 7) is 0. The normalized spacial score (nSPS) is 12.5. The van der Waals surface area contributed by atoms with Crippen LogP contribution in [0.15, 0.2) is 0 Å². The topological polar surface area (TPSA) is 20.2 Å². The highest BCUT2D eigenvalue weighted by Gasteiger charge is 1.96. The molecule has 0 amide bonds. The third-order valence-corrected chi connectivity index (χ3v) is 1.86. The van der Waals surface area contributed by atoms with Gasteiger partial charge in [0.1, 0.15) is 6.10 Å². The first-order valence-corrected chi connectivity index (χ1v) is 4.63. The monoisotopic (exact) mass is 204 g/mol. The molecule has 1 atom stereocenters. The van der Waals surface area contributed by atoms with Crippen LogP contribution in [0.1, 0.15) is 25.7 Å².